The number of halogens is 3. The van der Waals surface area contributed by atoms with Crippen molar-refractivity contribution >= 4 is 46.4 Å². The normalized spacial score (nSPS) is 10.6. The molecule has 0 saturated heterocycles. The Balaban J connectivity index is 1.60. The molecule has 0 bridgehead atoms. The van der Waals surface area contributed by atoms with Crippen LogP contribution in [0.25, 0.3) is 22.3 Å². The summed E-state index contributed by atoms with van der Waals surface area (Å²) in [6.07, 6.45) is 0. The van der Waals surface area contributed by atoms with Crippen LogP contribution in [0.15, 0.2) is 91.0 Å². The van der Waals surface area contributed by atoms with E-state index in [0.29, 0.717) is 26.3 Å². The average Bonchev–Trinajstić information content (AvgIpc) is 2.77. The van der Waals surface area contributed by atoms with Crippen molar-refractivity contribution in [3.05, 3.63) is 112 Å². The third kappa shape index (κ3) is 4.52. The summed E-state index contributed by atoms with van der Waals surface area (Å²) in [6.45, 7) is 0. The molecule has 0 spiro atoms. The maximum atomic E-state index is 12.7. The van der Waals surface area contributed by atoms with Crippen LogP contribution in [0.5, 0.6) is 0 Å². The SMILES string of the molecule is O=C(Nc1ccc(Cl)c(Cl)c1)c1ccc(Cl)c(-c2ccc(-c3ccccc3)cc2)c1. The van der Waals surface area contributed by atoms with Gasteiger partial charge in [0.2, 0.25) is 0 Å². The lowest BCUT2D eigenvalue weighted by Crippen LogP contribution is -2.12. The zero-order valence-corrected chi connectivity index (χ0v) is 18.0. The molecule has 0 aliphatic heterocycles. The van der Waals surface area contributed by atoms with Crippen LogP contribution in [0.4, 0.5) is 5.69 Å². The van der Waals surface area contributed by atoms with Crippen LogP contribution in [0.2, 0.25) is 15.1 Å². The molecule has 4 rings (SSSR count). The smallest absolute Gasteiger partial charge is 0.255 e. The summed E-state index contributed by atoms with van der Waals surface area (Å²) < 4.78 is 0. The van der Waals surface area contributed by atoms with E-state index in [1.54, 1.807) is 36.4 Å². The highest BCUT2D eigenvalue weighted by Crippen LogP contribution is 2.31. The molecule has 1 amide bonds. The summed E-state index contributed by atoms with van der Waals surface area (Å²) in [4.78, 5) is 12.7. The summed E-state index contributed by atoms with van der Waals surface area (Å²) in [5, 5.41) is 4.22. The molecule has 0 atom stereocenters. The number of carbonyl (C=O) groups excluding carboxylic acids is 1. The number of carbonyl (C=O) groups is 1. The Morgan fingerprint density at radius 3 is 1.93 bits per heavy atom. The Labute approximate surface area is 190 Å². The van der Waals surface area contributed by atoms with Crippen molar-refractivity contribution in [1.82, 2.24) is 0 Å². The fourth-order valence-electron chi connectivity index (χ4n) is 3.14. The fraction of sp³-hybridized carbons (Fsp3) is 0. The molecule has 2 nitrogen and oxygen atoms in total. The first-order chi connectivity index (χ1) is 14.5. The third-order valence-corrected chi connectivity index (χ3v) is 5.78. The van der Waals surface area contributed by atoms with Gasteiger partial charge < -0.3 is 5.32 Å². The highest BCUT2D eigenvalue weighted by Gasteiger charge is 2.12. The van der Waals surface area contributed by atoms with Crippen molar-refractivity contribution in [3.63, 3.8) is 0 Å². The minimum absolute atomic E-state index is 0.257. The van der Waals surface area contributed by atoms with E-state index in [-0.39, 0.29) is 5.91 Å². The zero-order valence-electron chi connectivity index (χ0n) is 15.7. The Bertz CT molecular complexity index is 1210. The van der Waals surface area contributed by atoms with Gasteiger partial charge in [-0.15, -0.1) is 0 Å². The van der Waals surface area contributed by atoms with E-state index < -0.39 is 0 Å². The maximum absolute atomic E-state index is 12.7. The zero-order chi connectivity index (χ0) is 21.1. The van der Waals surface area contributed by atoms with Gasteiger partial charge >= 0.3 is 0 Å². The first kappa shape index (κ1) is 20.5. The second kappa shape index (κ2) is 8.93. The number of amides is 1. The van der Waals surface area contributed by atoms with Crippen molar-refractivity contribution in [2.24, 2.45) is 0 Å². The van der Waals surface area contributed by atoms with Gasteiger partial charge in [-0.2, -0.15) is 0 Å². The molecule has 0 aliphatic rings. The van der Waals surface area contributed by atoms with Crippen LogP contribution in [0.3, 0.4) is 0 Å². The number of rotatable bonds is 4. The van der Waals surface area contributed by atoms with Gasteiger partial charge in [0.1, 0.15) is 0 Å². The first-order valence-corrected chi connectivity index (χ1v) is 10.4. The van der Waals surface area contributed by atoms with Gasteiger partial charge in [0.05, 0.1) is 10.0 Å². The second-order valence-corrected chi connectivity index (χ2v) is 7.94. The monoisotopic (exact) mass is 451 g/mol. The third-order valence-electron chi connectivity index (χ3n) is 4.71. The number of hydrogen-bond donors (Lipinski definition) is 1. The molecule has 0 unspecified atom stereocenters. The van der Waals surface area contributed by atoms with E-state index in [4.69, 9.17) is 34.8 Å². The maximum Gasteiger partial charge on any atom is 0.255 e. The molecule has 0 fully saturated rings. The molecule has 4 aromatic carbocycles. The highest BCUT2D eigenvalue weighted by molar-refractivity contribution is 6.42. The summed E-state index contributed by atoms with van der Waals surface area (Å²) in [6, 6.07) is 28.4. The van der Waals surface area contributed by atoms with E-state index in [2.05, 4.69) is 17.4 Å². The summed E-state index contributed by atoms with van der Waals surface area (Å²) in [5.41, 5.74) is 5.04. The molecule has 0 aromatic heterocycles. The van der Waals surface area contributed by atoms with Crippen LogP contribution >= 0.6 is 34.8 Å². The highest BCUT2D eigenvalue weighted by atomic mass is 35.5. The van der Waals surface area contributed by atoms with Gasteiger partial charge in [-0.25, -0.2) is 0 Å². The minimum atomic E-state index is -0.257. The van der Waals surface area contributed by atoms with Crippen molar-refractivity contribution in [2.45, 2.75) is 0 Å². The lowest BCUT2D eigenvalue weighted by atomic mass is 9.99. The lowest BCUT2D eigenvalue weighted by Gasteiger charge is -2.10. The summed E-state index contributed by atoms with van der Waals surface area (Å²) >= 11 is 18.4. The Morgan fingerprint density at radius 2 is 1.23 bits per heavy atom. The van der Waals surface area contributed by atoms with Gasteiger partial charge in [-0.05, 0) is 53.1 Å². The molecule has 0 aliphatic carbocycles. The van der Waals surface area contributed by atoms with Crippen molar-refractivity contribution in [3.8, 4) is 22.3 Å². The summed E-state index contributed by atoms with van der Waals surface area (Å²) in [7, 11) is 0. The predicted molar refractivity (Wildman–Crippen MR) is 127 cm³/mol. The van der Waals surface area contributed by atoms with Crippen molar-refractivity contribution in [2.75, 3.05) is 5.32 Å². The van der Waals surface area contributed by atoms with Crippen LogP contribution in [-0.2, 0) is 0 Å². The van der Waals surface area contributed by atoms with Gasteiger partial charge in [-0.1, -0.05) is 89.4 Å². The van der Waals surface area contributed by atoms with Crippen molar-refractivity contribution in [1.29, 1.82) is 0 Å². The topological polar surface area (TPSA) is 29.1 Å². The number of nitrogens with one attached hydrogen (secondary N) is 1. The van der Waals surface area contributed by atoms with Gasteiger partial charge in [0.15, 0.2) is 0 Å². The lowest BCUT2D eigenvalue weighted by molar-refractivity contribution is 0.102. The molecule has 5 heteroatoms. The average molecular weight is 453 g/mol. The fourth-order valence-corrected chi connectivity index (χ4v) is 3.66. The van der Waals surface area contributed by atoms with Crippen LogP contribution < -0.4 is 5.32 Å². The van der Waals surface area contributed by atoms with E-state index in [1.165, 1.54) is 0 Å². The first-order valence-electron chi connectivity index (χ1n) is 9.23. The summed E-state index contributed by atoms with van der Waals surface area (Å²) in [5.74, 6) is -0.257. The molecule has 0 heterocycles. The Kier molecular flexibility index (Phi) is 6.10. The molecule has 30 heavy (non-hydrogen) atoms. The molecular formula is C25H16Cl3NO. The Morgan fingerprint density at radius 1 is 0.600 bits per heavy atom. The predicted octanol–water partition coefficient (Wildman–Crippen LogP) is 8.23. The van der Waals surface area contributed by atoms with Crippen molar-refractivity contribution < 1.29 is 4.79 Å². The molecule has 0 saturated carbocycles. The van der Waals surface area contributed by atoms with Crippen LogP contribution in [0, 0.1) is 0 Å². The van der Waals surface area contributed by atoms with Crippen LogP contribution in [0.1, 0.15) is 10.4 Å². The number of benzene rings is 4. The van der Waals surface area contributed by atoms with E-state index in [0.717, 1.165) is 22.3 Å². The molecule has 148 valence electrons. The van der Waals surface area contributed by atoms with E-state index >= 15 is 0 Å². The van der Waals surface area contributed by atoms with E-state index in [1.807, 2.05) is 42.5 Å². The quantitative estimate of drug-likeness (QED) is 0.332. The minimum Gasteiger partial charge on any atom is -0.322 e. The van der Waals surface area contributed by atoms with Gasteiger partial charge in [0.25, 0.3) is 5.91 Å². The molecule has 0 radical (unpaired) electrons. The van der Waals surface area contributed by atoms with Gasteiger partial charge in [0, 0.05) is 21.8 Å². The molecule has 4 aromatic rings. The van der Waals surface area contributed by atoms with Gasteiger partial charge in [-0.3, -0.25) is 4.79 Å². The largest absolute Gasteiger partial charge is 0.322 e. The Hall–Kier alpha value is -2.78. The number of anilines is 1. The standard InChI is InChI=1S/C25H16Cl3NO/c26-22-12-10-19(25(30)29-20-11-13-23(27)24(28)15-20)14-21(22)18-8-6-17(7-9-18)16-4-2-1-3-5-16/h1-15H,(H,29,30). The molecular weight excluding hydrogens is 437 g/mol. The van der Waals surface area contributed by atoms with Crippen LogP contribution in [-0.4, -0.2) is 5.91 Å². The number of hydrogen-bond acceptors (Lipinski definition) is 1. The molecule has 1 N–H and O–H groups in total. The second-order valence-electron chi connectivity index (χ2n) is 6.72. The van der Waals surface area contributed by atoms with E-state index in [9.17, 15) is 4.79 Å².